The fraction of sp³-hybridized carbons (Fsp3) is 0. The maximum atomic E-state index is 6.65. The van der Waals surface area contributed by atoms with E-state index in [4.69, 9.17) is 116 Å². The van der Waals surface area contributed by atoms with Gasteiger partial charge in [0.05, 0.1) is 0 Å². The molecular formula is C18H5Cl10PSe. The van der Waals surface area contributed by atoms with E-state index < -0.39 is 5.51 Å². The second kappa shape index (κ2) is 10.0. The monoisotopic (exact) mass is 682 g/mol. The van der Waals surface area contributed by atoms with Gasteiger partial charge in [-0.3, -0.25) is 0 Å². The van der Waals surface area contributed by atoms with Crippen molar-refractivity contribution in [1.29, 1.82) is 0 Å². The Hall–Kier alpha value is 1.51. The summed E-state index contributed by atoms with van der Waals surface area (Å²) in [6, 6.07) is 9.24. The topological polar surface area (TPSA) is 0 Å². The van der Waals surface area contributed by atoms with Gasteiger partial charge in [0.1, 0.15) is 0 Å². The molecule has 0 radical (unpaired) electrons. The van der Waals surface area contributed by atoms with E-state index in [1.165, 1.54) is 0 Å². The Morgan fingerprint density at radius 3 is 1.00 bits per heavy atom. The predicted molar refractivity (Wildman–Crippen MR) is 141 cm³/mol. The molecule has 0 atom stereocenters. The molecule has 0 nitrogen and oxygen atoms in total. The average Bonchev–Trinajstić information content (AvgIpc) is 2.74. The molecule has 3 aromatic rings. The molecule has 0 aliphatic rings. The first kappa shape index (κ1) is 26.1. The minimum absolute atomic E-state index is 0.0288. The molecule has 0 fully saturated rings. The first-order valence-electron chi connectivity index (χ1n) is 7.65. The molecule has 0 bridgehead atoms. The Kier molecular flexibility index (Phi) is 8.72. The van der Waals surface area contributed by atoms with E-state index >= 15 is 0 Å². The van der Waals surface area contributed by atoms with Crippen LogP contribution in [0.3, 0.4) is 0 Å². The van der Waals surface area contributed by atoms with Gasteiger partial charge in [-0.15, -0.1) is 0 Å². The zero-order valence-electron chi connectivity index (χ0n) is 14.0. The molecule has 0 saturated carbocycles. The molecule has 3 rings (SSSR count). The number of rotatable bonds is 3. The quantitative estimate of drug-likeness (QED) is 0.112. The van der Waals surface area contributed by atoms with Crippen molar-refractivity contribution in [2.75, 3.05) is 0 Å². The van der Waals surface area contributed by atoms with Crippen LogP contribution in [0.5, 0.6) is 0 Å². The minimum atomic E-state index is -2.93. The Balaban J connectivity index is 2.63. The number of hydrogen-bond donors (Lipinski definition) is 0. The summed E-state index contributed by atoms with van der Waals surface area (Å²) in [6.07, 6.45) is 0. The molecule has 0 spiro atoms. The summed E-state index contributed by atoms with van der Waals surface area (Å²) in [7, 11) is 0. The van der Waals surface area contributed by atoms with E-state index in [0.29, 0.717) is 10.6 Å². The predicted octanol–water partition coefficient (Wildman–Crippen LogP) is 9.60. The van der Waals surface area contributed by atoms with Gasteiger partial charge in [0.25, 0.3) is 0 Å². The summed E-state index contributed by atoms with van der Waals surface area (Å²) >= 11 is 67.6. The Morgan fingerprint density at radius 2 is 0.700 bits per heavy atom. The average molecular weight is 686 g/mol. The SMILES string of the molecule is Clc1c(Cl)c(Cl)c(P(=[Se])(c2ccccc2)c2c(Cl)c(Cl)c(Cl)c(Cl)c2Cl)c(Cl)c1Cl. The third-order valence-corrected chi connectivity index (χ3v) is 16.0. The van der Waals surface area contributed by atoms with Crippen LogP contribution in [-0.2, 0) is 0 Å². The normalized spacial score (nSPS) is 11.8. The zero-order chi connectivity index (χ0) is 22.5. The third-order valence-electron chi connectivity index (χ3n) is 4.12. The molecule has 0 aliphatic carbocycles. The third kappa shape index (κ3) is 4.21. The summed E-state index contributed by atoms with van der Waals surface area (Å²) in [5.41, 5.74) is -2.93. The van der Waals surface area contributed by atoms with Crippen LogP contribution >= 0.6 is 122 Å². The van der Waals surface area contributed by atoms with Gasteiger partial charge in [-0.1, -0.05) is 0 Å². The van der Waals surface area contributed by atoms with Crippen LogP contribution in [0, 0.1) is 0 Å². The summed E-state index contributed by atoms with van der Waals surface area (Å²) in [5.74, 6) is 0. The van der Waals surface area contributed by atoms with Crippen molar-refractivity contribution in [2.45, 2.75) is 0 Å². The van der Waals surface area contributed by atoms with Crippen LogP contribution in [0.15, 0.2) is 30.3 Å². The molecule has 158 valence electrons. The number of hydrogen-bond acceptors (Lipinski definition) is 0. The Morgan fingerprint density at radius 1 is 0.433 bits per heavy atom. The molecule has 30 heavy (non-hydrogen) atoms. The number of benzene rings is 3. The Bertz CT molecular complexity index is 1090. The van der Waals surface area contributed by atoms with Crippen LogP contribution in [0.4, 0.5) is 0 Å². The second-order valence-corrected chi connectivity index (χ2v) is 15.6. The molecule has 12 heteroatoms. The van der Waals surface area contributed by atoms with Crippen molar-refractivity contribution < 1.29 is 0 Å². The fourth-order valence-electron chi connectivity index (χ4n) is 2.75. The molecule has 0 heterocycles. The van der Waals surface area contributed by atoms with Crippen LogP contribution in [-0.4, -0.2) is 15.1 Å². The van der Waals surface area contributed by atoms with Gasteiger partial charge in [0.2, 0.25) is 0 Å². The Labute approximate surface area is 230 Å². The van der Waals surface area contributed by atoms with Crippen molar-refractivity contribution in [2.24, 2.45) is 0 Å². The first-order chi connectivity index (χ1) is 14.0. The van der Waals surface area contributed by atoms with Crippen molar-refractivity contribution in [3.63, 3.8) is 0 Å². The van der Waals surface area contributed by atoms with E-state index in [1.54, 1.807) is 0 Å². The molecule has 0 aromatic heterocycles. The van der Waals surface area contributed by atoms with Crippen molar-refractivity contribution in [1.82, 2.24) is 0 Å². The second-order valence-electron chi connectivity index (χ2n) is 5.78. The molecule has 0 unspecified atom stereocenters. The molecule has 0 amide bonds. The van der Waals surface area contributed by atoms with E-state index in [-0.39, 0.29) is 50.2 Å². The molecule has 0 saturated heterocycles. The van der Waals surface area contributed by atoms with Gasteiger partial charge >= 0.3 is 233 Å². The van der Waals surface area contributed by atoms with Crippen molar-refractivity contribution in [3.05, 3.63) is 80.6 Å². The summed E-state index contributed by atoms with van der Waals surface area (Å²) in [4.78, 5) is 0. The van der Waals surface area contributed by atoms with Crippen molar-refractivity contribution >= 4 is 153 Å². The van der Waals surface area contributed by atoms with Gasteiger partial charge in [0, 0.05) is 0 Å². The van der Waals surface area contributed by atoms with Crippen LogP contribution in [0.25, 0.3) is 0 Å². The molecule has 0 aliphatic heterocycles. The molecule has 0 N–H and O–H groups in total. The van der Waals surface area contributed by atoms with Crippen molar-refractivity contribution in [3.8, 4) is 0 Å². The van der Waals surface area contributed by atoms with E-state index in [1.807, 2.05) is 30.3 Å². The van der Waals surface area contributed by atoms with E-state index in [2.05, 4.69) is 15.1 Å². The number of halogens is 10. The van der Waals surface area contributed by atoms with E-state index in [9.17, 15) is 0 Å². The summed E-state index contributed by atoms with van der Waals surface area (Å²) in [5, 5.41) is 2.14. The maximum absolute atomic E-state index is 6.65. The first-order valence-corrected chi connectivity index (χ1v) is 15.4. The zero-order valence-corrected chi connectivity index (χ0v) is 24.2. The summed E-state index contributed by atoms with van der Waals surface area (Å²) in [6.45, 7) is 0. The fourth-order valence-corrected chi connectivity index (χ4v) is 14.1. The van der Waals surface area contributed by atoms with Crippen LogP contribution < -0.4 is 15.9 Å². The van der Waals surface area contributed by atoms with Gasteiger partial charge in [-0.25, -0.2) is 0 Å². The van der Waals surface area contributed by atoms with Crippen LogP contribution in [0.2, 0.25) is 50.2 Å². The molecular weight excluding hydrogens is 681 g/mol. The summed E-state index contributed by atoms with van der Waals surface area (Å²) < 4.78 is 0. The van der Waals surface area contributed by atoms with Crippen LogP contribution in [0.1, 0.15) is 0 Å². The van der Waals surface area contributed by atoms with E-state index in [0.717, 1.165) is 5.30 Å². The van der Waals surface area contributed by atoms with Gasteiger partial charge < -0.3 is 0 Å². The molecule has 3 aromatic carbocycles. The van der Waals surface area contributed by atoms with Gasteiger partial charge in [0.15, 0.2) is 0 Å². The van der Waals surface area contributed by atoms with Gasteiger partial charge in [-0.05, 0) is 0 Å². The van der Waals surface area contributed by atoms with Gasteiger partial charge in [-0.2, -0.15) is 0 Å². The standard InChI is InChI=1S/C18H5Cl10PSe/c19-7-9(21)13(25)17(14(26)10(7)22)29(30,6-4-2-1-3-5-6)18-15(27)11(23)8(20)12(24)16(18)28/h1-5H.